The molecule has 10 nitrogen and oxygen atoms in total. The molecular weight excluding hydrogens is 500 g/mol. The van der Waals surface area contributed by atoms with Crippen LogP contribution in [0, 0.1) is 28.6 Å². The lowest BCUT2D eigenvalue weighted by Crippen LogP contribution is -2.59. The van der Waals surface area contributed by atoms with Crippen molar-refractivity contribution >= 4 is 29.6 Å². The minimum absolute atomic E-state index is 0.121. The lowest BCUT2D eigenvalue weighted by atomic mass is 9.80. The van der Waals surface area contributed by atoms with Crippen LogP contribution in [-0.4, -0.2) is 64.8 Å². The van der Waals surface area contributed by atoms with Gasteiger partial charge in [0.25, 0.3) is 5.91 Å². The van der Waals surface area contributed by atoms with Crippen molar-refractivity contribution in [2.75, 3.05) is 6.54 Å². The molecule has 4 amide bonds. The molecule has 0 aromatic carbocycles. The van der Waals surface area contributed by atoms with Crippen molar-refractivity contribution in [3.05, 3.63) is 0 Å². The van der Waals surface area contributed by atoms with Crippen molar-refractivity contribution in [3.8, 4) is 0 Å². The van der Waals surface area contributed by atoms with Crippen molar-refractivity contribution in [3.63, 3.8) is 0 Å². The molecule has 3 unspecified atom stereocenters. The highest BCUT2D eigenvalue weighted by molar-refractivity contribution is 6.37. The van der Waals surface area contributed by atoms with E-state index in [2.05, 4.69) is 10.6 Å². The number of amides is 4. The first-order chi connectivity index (χ1) is 18.0. The lowest BCUT2D eigenvalue weighted by Gasteiger charge is -2.36. The molecule has 3 saturated carbocycles. The lowest BCUT2D eigenvalue weighted by molar-refractivity contribution is -0.143. The maximum Gasteiger partial charge on any atom is 0.408 e. The van der Waals surface area contributed by atoms with Gasteiger partial charge in [0, 0.05) is 6.54 Å². The van der Waals surface area contributed by atoms with E-state index in [4.69, 9.17) is 10.5 Å². The molecule has 39 heavy (non-hydrogen) atoms. The molecule has 4 fully saturated rings. The number of rotatable bonds is 9. The SMILES string of the molecule is CC(C)(C)OC(=O)N[C@H](C(=O)N1C[C@]2(CC1C(=O)NC(CC1CCC1)C(=O)C(N)=O)CC2C1CC1)C(C)(C)C. The average molecular weight is 547 g/mol. The van der Waals surface area contributed by atoms with E-state index in [-0.39, 0.29) is 17.2 Å². The fraction of sp³-hybridized carbons (Fsp3) is 0.828. The second-order valence-electron chi connectivity index (χ2n) is 14.5. The van der Waals surface area contributed by atoms with E-state index in [0.717, 1.165) is 25.7 Å². The Balaban J connectivity index is 1.56. The topological polar surface area (TPSA) is 148 Å². The maximum absolute atomic E-state index is 14.1. The molecule has 4 rings (SSSR count). The van der Waals surface area contributed by atoms with Gasteiger partial charge in [0.05, 0.1) is 6.04 Å². The number of alkyl carbamates (subject to hydrolysis) is 1. The summed E-state index contributed by atoms with van der Waals surface area (Å²) in [5.74, 6) is -1.27. The number of primary amides is 1. The summed E-state index contributed by atoms with van der Waals surface area (Å²) in [6.07, 6.45) is 6.47. The number of ether oxygens (including phenoxy) is 1. The van der Waals surface area contributed by atoms with Gasteiger partial charge in [0.15, 0.2) is 0 Å². The van der Waals surface area contributed by atoms with Gasteiger partial charge < -0.3 is 26.0 Å². The Morgan fingerprint density at radius 2 is 1.62 bits per heavy atom. The summed E-state index contributed by atoms with van der Waals surface area (Å²) in [7, 11) is 0. The van der Waals surface area contributed by atoms with Gasteiger partial charge in [0.1, 0.15) is 17.7 Å². The first-order valence-electron chi connectivity index (χ1n) is 14.4. The molecule has 1 saturated heterocycles. The molecule has 218 valence electrons. The number of nitrogens with one attached hydrogen (secondary N) is 2. The van der Waals surface area contributed by atoms with Crippen LogP contribution < -0.4 is 16.4 Å². The Kier molecular flexibility index (Phi) is 7.82. The van der Waals surface area contributed by atoms with Crippen LogP contribution in [0.5, 0.6) is 0 Å². The Morgan fingerprint density at radius 1 is 0.974 bits per heavy atom. The molecule has 0 bridgehead atoms. The van der Waals surface area contributed by atoms with Gasteiger partial charge in [-0.25, -0.2) is 4.79 Å². The summed E-state index contributed by atoms with van der Waals surface area (Å²) < 4.78 is 5.43. The summed E-state index contributed by atoms with van der Waals surface area (Å²) in [5.41, 5.74) is 3.80. The molecule has 0 aromatic rings. The number of hydrogen-bond acceptors (Lipinski definition) is 6. The van der Waals surface area contributed by atoms with E-state index in [9.17, 15) is 24.0 Å². The third kappa shape index (κ3) is 6.74. The van der Waals surface area contributed by atoms with Gasteiger partial charge in [-0.1, -0.05) is 40.0 Å². The number of carbonyl (C=O) groups excluding carboxylic acids is 5. The highest BCUT2D eigenvalue weighted by Crippen LogP contribution is 2.67. The fourth-order valence-electron chi connectivity index (χ4n) is 6.41. The Morgan fingerprint density at radius 3 is 2.10 bits per heavy atom. The van der Waals surface area contributed by atoms with E-state index in [1.54, 1.807) is 25.7 Å². The molecule has 1 aliphatic heterocycles. The van der Waals surface area contributed by atoms with Crippen LogP contribution in [0.1, 0.15) is 92.9 Å². The molecule has 0 aromatic heterocycles. The number of carbonyl (C=O) groups is 5. The molecule has 4 N–H and O–H groups in total. The zero-order valence-corrected chi connectivity index (χ0v) is 24.3. The maximum atomic E-state index is 14.1. The fourth-order valence-corrected chi connectivity index (χ4v) is 6.41. The van der Waals surface area contributed by atoms with E-state index >= 15 is 0 Å². The Hall–Kier alpha value is -2.65. The van der Waals surface area contributed by atoms with Gasteiger partial charge in [-0.15, -0.1) is 0 Å². The molecule has 10 heteroatoms. The van der Waals surface area contributed by atoms with Crippen LogP contribution in [0.25, 0.3) is 0 Å². The van der Waals surface area contributed by atoms with Gasteiger partial charge in [-0.2, -0.15) is 0 Å². The van der Waals surface area contributed by atoms with Crippen LogP contribution in [0.15, 0.2) is 0 Å². The normalized spacial score (nSPS) is 28.3. The largest absolute Gasteiger partial charge is 0.444 e. The summed E-state index contributed by atoms with van der Waals surface area (Å²) in [6.45, 7) is 11.3. The van der Waals surface area contributed by atoms with Crippen LogP contribution >= 0.6 is 0 Å². The van der Waals surface area contributed by atoms with Gasteiger partial charge in [-0.3, -0.25) is 19.2 Å². The number of nitrogens with zero attached hydrogens (tertiary/aromatic N) is 1. The molecular formula is C29H46N4O6. The second kappa shape index (κ2) is 10.4. The summed E-state index contributed by atoms with van der Waals surface area (Å²) in [5, 5.41) is 5.56. The van der Waals surface area contributed by atoms with Crippen molar-refractivity contribution in [1.82, 2.24) is 15.5 Å². The van der Waals surface area contributed by atoms with E-state index in [1.807, 2.05) is 20.8 Å². The van der Waals surface area contributed by atoms with Crippen molar-refractivity contribution in [1.29, 1.82) is 0 Å². The minimum Gasteiger partial charge on any atom is -0.444 e. The van der Waals surface area contributed by atoms with Crippen molar-refractivity contribution < 1.29 is 28.7 Å². The third-order valence-corrected chi connectivity index (χ3v) is 8.93. The minimum atomic E-state index is -1.07. The zero-order chi connectivity index (χ0) is 28.9. The molecule has 3 aliphatic carbocycles. The first kappa shape index (κ1) is 29.3. The molecule has 1 spiro atoms. The molecule has 5 atom stereocenters. The van der Waals surface area contributed by atoms with E-state index in [1.165, 1.54) is 12.8 Å². The highest BCUT2D eigenvalue weighted by atomic mass is 16.6. The van der Waals surface area contributed by atoms with Gasteiger partial charge in [0.2, 0.25) is 17.6 Å². The second-order valence-corrected chi connectivity index (χ2v) is 14.5. The van der Waals surface area contributed by atoms with Crippen molar-refractivity contribution in [2.24, 2.45) is 34.3 Å². The number of hydrogen-bond donors (Lipinski definition) is 3. The van der Waals surface area contributed by atoms with Crippen LogP contribution in [0.2, 0.25) is 0 Å². The Labute approximate surface area is 231 Å². The third-order valence-electron chi connectivity index (χ3n) is 8.93. The molecule has 1 heterocycles. The number of likely N-dealkylation sites (tertiary alicyclic amines) is 1. The van der Waals surface area contributed by atoms with Gasteiger partial charge >= 0.3 is 6.09 Å². The predicted molar refractivity (Wildman–Crippen MR) is 144 cm³/mol. The van der Waals surface area contributed by atoms with E-state index < -0.39 is 52.8 Å². The predicted octanol–water partition coefficient (Wildman–Crippen LogP) is 2.67. The number of Topliss-reactive ketones (excluding diaryl/α,β-unsaturated/α-hetero) is 1. The summed E-state index contributed by atoms with van der Waals surface area (Å²) >= 11 is 0. The van der Waals surface area contributed by atoms with Gasteiger partial charge in [-0.05, 0) is 81.5 Å². The monoisotopic (exact) mass is 546 g/mol. The van der Waals surface area contributed by atoms with Crippen LogP contribution in [0.4, 0.5) is 4.79 Å². The molecule has 4 aliphatic rings. The Bertz CT molecular complexity index is 1020. The average Bonchev–Trinajstić information content (AvgIpc) is 3.67. The number of ketones is 1. The van der Waals surface area contributed by atoms with Crippen LogP contribution in [0.3, 0.4) is 0 Å². The zero-order valence-electron chi connectivity index (χ0n) is 24.3. The standard InChI is InChI=1S/C29H46N4O6/c1-27(2,3)22(32-26(38)39-28(4,5)6)25(37)33-15-29(13-18(29)17-10-11-17)14-20(33)24(36)31-19(21(34)23(30)35)12-16-8-7-9-16/h16-20,22H,7-15H2,1-6H3,(H2,30,35)(H,31,36)(H,32,38)/t18?,19?,20?,22-,29-/m1/s1. The highest BCUT2D eigenvalue weighted by Gasteiger charge is 2.66. The smallest absolute Gasteiger partial charge is 0.408 e. The summed E-state index contributed by atoms with van der Waals surface area (Å²) in [6, 6.07) is -2.71. The quantitative estimate of drug-likeness (QED) is 0.379. The molecule has 0 radical (unpaired) electrons. The summed E-state index contributed by atoms with van der Waals surface area (Å²) in [4.78, 5) is 66.5. The number of nitrogens with two attached hydrogens (primary N) is 1. The van der Waals surface area contributed by atoms with E-state index in [0.29, 0.717) is 31.2 Å². The van der Waals surface area contributed by atoms with Crippen molar-refractivity contribution in [2.45, 2.75) is 117 Å². The van der Waals surface area contributed by atoms with Crippen LogP contribution in [-0.2, 0) is 23.9 Å². The first-order valence-corrected chi connectivity index (χ1v) is 14.4.